The van der Waals surface area contributed by atoms with Crippen LogP contribution in [0.4, 0.5) is 5.69 Å². The van der Waals surface area contributed by atoms with E-state index in [0.717, 1.165) is 39.4 Å². The fourth-order valence-corrected chi connectivity index (χ4v) is 5.95. The quantitative estimate of drug-likeness (QED) is 0.273. The van der Waals surface area contributed by atoms with Gasteiger partial charge in [0.05, 0.1) is 10.6 Å². The van der Waals surface area contributed by atoms with Crippen LogP contribution < -0.4 is 9.62 Å². The summed E-state index contributed by atoms with van der Waals surface area (Å²) in [7, 11) is -4.11. The molecule has 2 amide bonds. The molecule has 3 aromatic rings. The molecule has 0 saturated carbocycles. The lowest BCUT2D eigenvalue weighted by Gasteiger charge is -2.32. The molecule has 3 rings (SSSR count). The van der Waals surface area contributed by atoms with Gasteiger partial charge in [-0.25, -0.2) is 8.42 Å². The molecule has 0 heterocycles. The topological polar surface area (TPSA) is 86.8 Å². The average Bonchev–Trinajstić information content (AvgIpc) is 2.91. The second kappa shape index (κ2) is 13.8. The Kier molecular flexibility index (Phi) is 10.8. The first-order chi connectivity index (χ1) is 18.9. The monoisotopic (exact) mass is 583 g/mol. The SMILES string of the molecule is CCCCNC(=O)[C@H](C)N(Cc1ccc(Cl)cc1)C(=O)CN(c1ccc(C)cc1C)S(=O)(=O)c1ccc(C)cc1. The molecule has 0 spiro atoms. The molecule has 0 aliphatic heterocycles. The minimum Gasteiger partial charge on any atom is -0.354 e. The Bertz CT molecular complexity index is 1420. The number of halogens is 1. The van der Waals surface area contributed by atoms with E-state index in [4.69, 9.17) is 11.6 Å². The molecule has 9 heteroatoms. The van der Waals surface area contributed by atoms with E-state index < -0.39 is 28.5 Å². The number of nitrogens with one attached hydrogen (secondary N) is 1. The number of carbonyl (C=O) groups is 2. The zero-order valence-electron chi connectivity index (χ0n) is 23.8. The predicted octanol–water partition coefficient (Wildman–Crippen LogP) is 5.79. The maximum Gasteiger partial charge on any atom is 0.264 e. The van der Waals surface area contributed by atoms with Crippen LogP contribution in [0, 0.1) is 20.8 Å². The Hall–Kier alpha value is -3.36. The third-order valence-electron chi connectivity index (χ3n) is 6.77. The van der Waals surface area contributed by atoms with Crippen molar-refractivity contribution >= 4 is 39.1 Å². The molecule has 7 nitrogen and oxygen atoms in total. The Labute approximate surface area is 243 Å². The number of amides is 2. The van der Waals surface area contributed by atoms with E-state index in [1.165, 1.54) is 4.90 Å². The van der Waals surface area contributed by atoms with Crippen LogP contribution in [0.25, 0.3) is 0 Å². The van der Waals surface area contributed by atoms with Crippen LogP contribution in [0.15, 0.2) is 71.6 Å². The highest BCUT2D eigenvalue weighted by Gasteiger charge is 2.33. The van der Waals surface area contributed by atoms with Crippen molar-refractivity contribution in [3.63, 3.8) is 0 Å². The summed E-state index contributed by atoms with van der Waals surface area (Å²) in [6.45, 7) is 9.45. The summed E-state index contributed by atoms with van der Waals surface area (Å²) in [4.78, 5) is 28.6. The molecule has 1 N–H and O–H groups in total. The Morgan fingerprint density at radius 3 is 2.15 bits per heavy atom. The number of nitrogens with zero attached hydrogens (tertiary/aromatic N) is 2. The lowest BCUT2D eigenvalue weighted by molar-refractivity contribution is -0.139. The second-order valence-electron chi connectivity index (χ2n) is 10.1. The van der Waals surface area contributed by atoms with E-state index in [2.05, 4.69) is 5.32 Å². The molecular weight excluding hydrogens is 546 g/mol. The zero-order valence-corrected chi connectivity index (χ0v) is 25.3. The van der Waals surface area contributed by atoms with Crippen molar-refractivity contribution in [2.45, 2.75) is 64.9 Å². The highest BCUT2D eigenvalue weighted by Crippen LogP contribution is 2.28. The van der Waals surface area contributed by atoms with Crippen LogP contribution in [0.3, 0.4) is 0 Å². The van der Waals surface area contributed by atoms with Gasteiger partial charge in [0.1, 0.15) is 12.6 Å². The number of benzene rings is 3. The minimum absolute atomic E-state index is 0.0838. The van der Waals surface area contributed by atoms with Crippen molar-refractivity contribution in [1.82, 2.24) is 10.2 Å². The number of hydrogen-bond acceptors (Lipinski definition) is 4. The number of aryl methyl sites for hydroxylation is 3. The minimum atomic E-state index is -4.11. The molecule has 0 aromatic heterocycles. The molecule has 0 bridgehead atoms. The summed E-state index contributed by atoms with van der Waals surface area (Å²) in [5.74, 6) is -0.793. The van der Waals surface area contributed by atoms with Crippen LogP contribution in [-0.2, 0) is 26.2 Å². The van der Waals surface area contributed by atoms with Gasteiger partial charge in [0.25, 0.3) is 10.0 Å². The van der Waals surface area contributed by atoms with Crippen LogP contribution in [0.2, 0.25) is 5.02 Å². The lowest BCUT2D eigenvalue weighted by Crippen LogP contribution is -2.51. The highest BCUT2D eigenvalue weighted by atomic mass is 35.5. The largest absolute Gasteiger partial charge is 0.354 e. The summed E-state index contributed by atoms with van der Waals surface area (Å²) in [5, 5.41) is 3.44. The van der Waals surface area contributed by atoms with Gasteiger partial charge in [-0.05, 0) is 75.6 Å². The van der Waals surface area contributed by atoms with Gasteiger partial charge in [-0.15, -0.1) is 0 Å². The summed E-state index contributed by atoms with van der Waals surface area (Å²) < 4.78 is 29.1. The molecular formula is C31H38ClN3O4S. The first kappa shape index (κ1) is 31.2. The fourth-order valence-electron chi connectivity index (χ4n) is 4.34. The highest BCUT2D eigenvalue weighted by molar-refractivity contribution is 7.92. The van der Waals surface area contributed by atoms with Crippen LogP contribution in [0.1, 0.15) is 48.9 Å². The van der Waals surface area contributed by atoms with Crippen molar-refractivity contribution in [1.29, 1.82) is 0 Å². The normalized spacial score (nSPS) is 12.1. The van der Waals surface area contributed by atoms with Gasteiger partial charge in [0.15, 0.2) is 0 Å². The number of unbranched alkanes of at least 4 members (excludes halogenated alkanes) is 1. The molecule has 1 atom stereocenters. The molecule has 214 valence electrons. The zero-order chi connectivity index (χ0) is 29.4. The summed E-state index contributed by atoms with van der Waals surface area (Å²) in [5.41, 5.74) is 3.79. The van der Waals surface area contributed by atoms with Crippen molar-refractivity contribution in [3.8, 4) is 0 Å². The molecule has 40 heavy (non-hydrogen) atoms. The maximum atomic E-state index is 14.0. The standard InChI is InChI=1S/C31H38ClN3O4S/c1-6-7-18-33-31(37)25(5)34(20-26-11-13-27(32)14-12-26)30(36)21-35(29-17-10-23(3)19-24(29)4)40(38,39)28-15-8-22(2)9-16-28/h8-17,19,25H,6-7,18,20-21H2,1-5H3,(H,33,37)/t25-/m0/s1. The van der Waals surface area contributed by atoms with Gasteiger partial charge in [-0.2, -0.15) is 0 Å². The van der Waals surface area contributed by atoms with E-state index in [0.29, 0.717) is 17.3 Å². The van der Waals surface area contributed by atoms with Crippen LogP contribution >= 0.6 is 11.6 Å². The van der Waals surface area contributed by atoms with E-state index in [9.17, 15) is 18.0 Å². The summed E-state index contributed by atoms with van der Waals surface area (Å²) in [6.07, 6.45) is 1.74. The number of carbonyl (C=O) groups excluding carboxylic acids is 2. The van der Waals surface area contributed by atoms with Crippen LogP contribution in [0.5, 0.6) is 0 Å². The van der Waals surface area contributed by atoms with Gasteiger partial charge in [-0.1, -0.05) is 72.5 Å². The average molecular weight is 584 g/mol. The van der Waals surface area contributed by atoms with Gasteiger partial charge < -0.3 is 10.2 Å². The van der Waals surface area contributed by atoms with Gasteiger partial charge >= 0.3 is 0 Å². The van der Waals surface area contributed by atoms with Gasteiger partial charge in [-0.3, -0.25) is 13.9 Å². The molecule has 0 saturated heterocycles. The number of hydrogen-bond donors (Lipinski definition) is 1. The smallest absolute Gasteiger partial charge is 0.264 e. The van der Waals surface area contributed by atoms with Crippen molar-refractivity contribution in [2.75, 3.05) is 17.4 Å². The summed E-state index contributed by atoms with van der Waals surface area (Å²) >= 11 is 6.06. The first-order valence-corrected chi connectivity index (χ1v) is 15.2. The molecule has 0 aliphatic rings. The molecule has 0 unspecified atom stereocenters. The first-order valence-electron chi connectivity index (χ1n) is 13.4. The summed E-state index contributed by atoms with van der Waals surface area (Å²) in [6, 6.07) is 18.1. The number of rotatable bonds is 12. The Morgan fingerprint density at radius 2 is 1.55 bits per heavy atom. The van der Waals surface area contributed by atoms with E-state index >= 15 is 0 Å². The number of sulfonamides is 1. The third-order valence-corrected chi connectivity index (χ3v) is 8.80. The van der Waals surface area contributed by atoms with Crippen molar-refractivity contribution < 1.29 is 18.0 Å². The molecule has 0 radical (unpaired) electrons. The van der Waals surface area contributed by atoms with E-state index in [1.54, 1.807) is 61.5 Å². The second-order valence-corrected chi connectivity index (χ2v) is 12.4. The number of anilines is 1. The maximum absolute atomic E-state index is 14.0. The predicted molar refractivity (Wildman–Crippen MR) is 161 cm³/mol. The van der Waals surface area contributed by atoms with Crippen molar-refractivity contribution in [3.05, 3.63) is 94.0 Å². The van der Waals surface area contributed by atoms with E-state index in [-0.39, 0.29) is 17.3 Å². The molecule has 0 fully saturated rings. The third kappa shape index (κ3) is 7.86. The Balaban J connectivity index is 2.03. The molecule has 3 aromatic carbocycles. The Morgan fingerprint density at radius 1 is 0.925 bits per heavy atom. The van der Waals surface area contributed by atoms with E-state index in [1.807, 2.05) is 39.8 Å². The van der Waals surface area contributed by atoms with Crippen LogP contribution in [-0.4, -0.2) is 44.3 Å². The van der Waals surface area contributed by atoms with Gasteiger partial charge in [0.2, 0.25) is 11.8 Å². The lowest BCUT2D eigenvalue weighted by atomic mass is 10.1. The van der Waals surface area contributed by atoms with Gasteiger partial charge in [0, 0.05) is 18.1 Å². The fraction of sp³-hybridized carbons (Fsp3) is 0.355. The van der Waals surface area contributed by atoms with Crippen molar-refractivity contribution in [2.24, 2.45) is 0 Å². The molecule has 0 aliphatic carbocycles.